The summed E-state index contributed by atoms with van der Waals surface area (Å²) >= 11 is 1.46. The maximum atomic E-state index is 10.9. The van der Waals surface area contributed by atoms with Crippen molar-refractivity contribution in [2.45, 2.75) is 20.0 Å². The van der Waals surface area contributed by atoms with Gasteiger partial charge in [-0.2, -0.15) is 11.3 Å². The standard InChI is InChI=1S/C10H14O3S/c1-6(2)8(10(12)13)9(11)7-3-4-14-5-7/h3-6,8-9,11H,1-2H3,(H,12,13). The zero-order chi connectivity index (χ0) is 10.7. The fraction of sp³-hybridized carbons (Fsp3) is 0.500. The molecule has 0 radical (unpaired) electrons. The van der Waals surface area contributed by atoms with E-state index in [2.05, 4.69) is 0 Å². The summed E-state index contributed by atoms with van der Waals surface area (Å²) in [5.41, 5.74) is 0.691. The molecule has 3 nitrogen and oxygen atoms in total. The van der Waals surface area contributed by atoms with Gasteiger partial charge in [0.15, 0.2) is 0 Å². The average molecular weight is 214 g/mol. The van der Waals surface area contributed by atoms with Gasteiger partial charge in [0.25, 0.3) is 0 Å². The normalized spacial score (nSPS) is 15.4. The molecule has 0 bridgehead atoms. The second-order valence-corrected chi connectivity index (χ2v) is 4.39. The first-order chi connectivity index (χ1) is 6.54. The van der Waals surface area contributed by atoms with Crippen molar-refractivity contribution in [3.05, 3.63) is 22.4 Å². The molecule has 0 aliphatic carbocycles. The van der Waals surface area contributed by atoms with Gasteiger partial charge in [-0.1, -0.05) is 13.8 Å². The van der Waals surface area contributed by atoms with Gasteiger partial charge in [0, 0.05) is 0 Å². The van der Waals surface area contributed by atoms with Gasteiger partial charge in [-0.05, 0) is 28.3 Å². The molecule has 14 heavy (non-hydrogen) atoms. The number of carboxylic acids is 1. The lowest BCUT2D eigenvalue weighted by molar-refractivity contribution is -0.148. The molecule has 0 fully saturated rings. The highest BCUT2D eigenvalue weighted by Crippen LogP contribution is 2.29. The highest BCUT2D eigenvalue weighted by molar-refractivity contribution is 7.07. The number of hydrogen-bond donors (Lipinski definition) is 2. The summed E-state index contributed by atoms with van der Waals surface area (Å²) in [6.45, 7) is 3.60. The smallest absolute Gasteiger partial charge is 0.309 e. The lowest BCUT2D eigenvalue weighted by atomic mass is 9.88. The third-order valence-electron chi connectivity index (χ3n) is 2.23. The summed E-state index contributed by atoms with van der Waals surface area (Å²) in [6, 6.07) is 1.76. The van der Waals surface area contributed by atoms with Crippen molar-refractivity contribution in [2.75, 3.05) is 0 Å². The maximum absolute atomic E-state index is 10.9. The molecule has 0 amide bonds. The fourth-order valence-corrected chi connectivity index (χ4v) is 2.12. The van der Waals surface area contributed by atoms with Crippen LogP contribution in [-0.2, 0) is 4.79 Å². The van der Waals surface area contributed by atoms with E-state index in [4.69, 9.17) is 5.11 Å². The van der Waals surface area contributed by atoms with Crippen molar-refractivity contribution in [1.82, 2.24) is 0 Å². The monoisotopic (exact) mass is 214 g/mol. The Balaban J connectivity index is 2.84. The van der Waals surface area contributed by atoms with E-state index in [9.17, 15) is 9.90 Å². The molecule has 0 spiro atoms. The van der Waals surface area contributed by atoms with E-state index in [1.54, 1.807) is 25.3 Å². The molecule has 78 valence electrons. The molecular weight excluding hydrogens is 200 g/mol. The first-order valence-electron chi connectivity index (χ1n) is 4.47. The van der Waals surface area contributed by atoms with E-state index in [1.807, 2.05) is 5.38 Å². The van der Waals surface area contributed by atoms with Crippen molar-refractivity contribution in [1.29, 1.82) is 0 Å². The Morgan fingerprint density at radius 1 is 1.50 bits per heavy atom. The van der Waals surface area contributed by atoms with Crippen molar-refractivity contribution in [2.24, 2.45) is 11.8 Å². The molecule has 0 aliphatic heterocycles. The summed E-state index contributed by atoms with van der Waals surface area (Å²) in [5.74, 6) is -1.76. The van der Waals surface area contributed by atoms with Gasteiger partial charge >= 0.3 is 5.97 Å². The van der Waals surface area contributed by atoms with Crippen LogP contribution in [0, 0.1) is 11.8 Å². The predicted octanol–water partition coefficient (Wildman–Crippen LogP) is 2.14. The first kappa shape index (κ1) is 11.2. The number of carbonyl (C=O) groups is 1. The largest absolute Gasteiger partial charge is 0.481 e. The van der Waals surface area contributed by atoms with E-state index in [1.165, 1.54) is 11.3 Å². The van der Waals surface area contributed by atoms with Crippen molar-refractivity contribution in [3.8, 4) is 0 Å². The van der Waals surface area contributed by atoms with Crippen molar-refractivity contribution < 1.29 is 15.0 Å². The summed E-state index contributed by atoms with van der Waals surface area (Å²) in [7, 11) is 0. The van der Waals surface area contributed by atoms with Gasteiger partial charge in [0.05, 0.1) is 12.0 Å². The number of rotatable bonds is 4. The number of carboxylic acid groups (broad SMARTS) is 1. The Kier molecular flexibility index (Phi) is 3.66. The van der Waals surface area contributed by atoms with Crippen LogP contribution in [0.2, 0.25) is 0 Å². The van der Waals surface area contributed by atoms with Crippen LogP contribution >= 0.6 is 11.3 Å². The SMILES string of the molecule is CC(C)C(C(=O)O)C(O)c1ccsc1. The quantitative estimate of drug-likeness (QED) is 0.807. The first-order valence-corrected chi connectivity index (χ1v) is 5.41. The Morgan fingerprint density at radius 2 is 2.14 bits per heavy atom. The summed E-state index contributed by atoms with van der Waals surface area (Å²) < 4.78 is 0. The Labute approximate surface area is 87.0 Å². The van der Waals surface area contributed by atoms with Crippen LogP contribution in [0.3, 0.4) is 0 Å². The minimum Gasteiger partial charge on any atom is -0.481 e. The van der Waals surface area contributed by atoms with Gasteiger partial charge in [-0.3, -0.25) is 4.79 Å². The van der Waals surface area contributed by atoms with Crippen LogP contribution < -0.4 is 0 Å². The van der Waals surface area contributed by atoms with Crippen LogP contribution in [0.25, 0.3) is 0 Å². The number of thiophene rings is 1. The number of aliphatic hydroxyl groups is 1. The molecule has 2 atom stereocenters. The van der Waals surface area contributed by atoms with Crippen LogP contribution in [0.4, 0.5) is 0 Å². The fourth-order valence-electron chi connectivity index (χ4n) is 1.44. The average Bonchev–Trinajstić information content (AvgIpc) is 2.53. The van der Waals surface area contributed by atoms with E-state index >= 15 is 0 Å². The molecule has 2 N–H and O–H groups in total. The lowest BCUT2D eigenvalue weighted by Gasteiger charge is -2.21. The highest BCUT2D eigenvalue weighted by atomic mass is 32.1. The maximum Gasteiger partial charge on any atom is 0.309 e. The molecule has 0 aliphatic rings. The third-order valence-corrected chi connectivity index (χ3v) is 2.93. The van der Waals surface area contributed by atoms with Gasteiger partial charge in [-0.25, -0.2) is 0 Å². The van der Waals surface area contributed by atoms with Gasteiger partial charge in [-0.15, -0.1) is 0 Å². The van der Waals surface area contributed by atoms with Crippen molar-refractivity contribution in [3.63, 3.8) is 0 Å². The summed E-state index contributed by atoms with van der Waals surface area (Å²) in [5, 5.41) is 22.4. The molecule has 1 aromatic heterocycles. The molecule has 1 heterocycles. The van der Waals surface area contributed by atoms with Gasteiger partial charge < -0.3 is 10.2 Å². The molecule has 2 unspecified atom stereocenters. The summed E-state index contributed by atoms with van der Waals surface area (Å²) in [6.07, 6.45) is -0.904. The Morgan fingerprint density at radius 3 is 2.50 bits per heavy atom. The molecule has 0 saturated carbocycles. The Hall–Kier alpha value is -0.870. The molecule has 4 heteroatoms. The lowest BCUT2D eigenvalue weighted by Crippen LogP contribution is -2.26. The minimum absolute atomic E-state index is 0.0811. The van der Waals surface area contributed by atoms with Crippen LogP contribution in [0.15, 0.2) is 16.8 Å². The van der Waals surface area contributed by atoms with Crippen LogP contribution in [0.5, 0.6) is 0 Å². The molecule has 0 aromatic carbocycles. The second kappa shape index (κ2) is 4.57. The highest BCUT2D eigenvalue weighted by Gasteiger charge is 2.30. The van der Waals surface area contributed by atoms with Gasteiger partial charge in [0.1, 0.15) is 0 Å². The number of aliphatic hydroxyl groups excluding tert-OH is 1. The number of hydrogen-bond acceptors (Lipinski definition) is 3. The minimum atomic E-state index is -0.946. The predicted molar refractivity (Wildman–Crippen MR) is 55.2 cm³/mol. The zero-order valence-electron chi connectivity index (χ0n) is 8.18. The topological polar surface area (TPSA) is 57.5 Å². The molecular formula is C10H14O3S. The second-order valence-electron chi connectivity index (χ2n) is 3.61. The van der Waals surface area contributed by atoms with E-state index in [0.29, 0.717) is 5.56 Å². The number of aliphatic carboxylic acids is 1. The molecule has 1 rings (SSSR count). The van der Waals surface area contributed by atoms with Gasteiger partial charge in [0.2, 0.25) is 0 Å². The van der Waals surface area contributed by atoms with E-state index < -0.39 is 18.0 Å². The van der Waals surface area contributed by atoms with Crippen LogP contribution in [0.1, 0.15) is 25.5 Å². The van der Waals surface area contributed by atoms with Crippen LogP contribution in [-0.4, -0.2) is 16.2 Å². The zero-order valence-corrected chi connectivity index (χ0v) is 8.99. The Bertz CT molecular complexity index is 292. The third kappa shape index (κ3) is 2.33. The van der Waals surface area contributed by atoms with Crippen molar-refractivity contribution >= 4 is 17.3 Å². The summed E-state index contributed by atoms with van der Waals surface area (Å²) in [4.78, 5) is 10.9. The molecule has 1 aromatic rings. The van der Waals surface area contributed by atoms with E-state index in [-0.39, 0.29) is 5.92 Å². The van der Waals surface area contributed by atoms with E-state index in [0.717, 1.165) is 0 Å². The molecule has 0 saturated heterocycles.